The number of carbonyl (C=O) groups is 3. The van der Waals surface area contributed by atoms with Gasteiger partial charge in [-0.2, -0.15) is 0 Å². The summed E-state index contributed by atoms with van der Waals surface area (Å²) in [5.41, 5.74) is 0. The number of quaternary nitrogens is 1. The summed E-state index contributed by atoms with van der Waals surface area (Å²) < 4.78 is 17.1. The van der Waals surface area contributed by atoms with E-state index in [0.29, 0.717) is 19.3 Å². The molecule has 248 valence electrons. The number of nitrogens with zero attached hydrogens (tertiary/aromatic N) is 1. The van der Waals surface area contributed by atoms with E-state index in [0.717, 1.165) is 38.5 Å². The van der Waals surface area contributed by atoms with Crippen molar-refractivity contribution in [1.29, 1.82) is 0 Å². The van der Waals surface area contributed by atoms with E-state index in [4.69, 9.17) is 14.2 Å². The monoisotopic (exact) mass is 600 g/mol. The highest BCUT2D eigenvalue weighted by atomic mass is 16.6. The lowest BCUT2D eigenvalue weighted by molar-refractivity contribution is -0.887. The predicted molar refractivity (Wildman–Crippen MR) is 169 cm³/mol. The molecule has 0 radical (unpaired) electrons. The molecule has 0 heterocycles. The van der Waals surface area contributed by atoms with E-state index < -0.39 is 18.1 Å². The molecule has 0 aliphatic rings. The lowest BCUT2D eigenvalue weighted by Crippen LogP contribution is -2.50. The van der Waals surface area contributed by atoms with Crippen molar-refractivity contribution in [3.05, 3.63) is 0 Å². The molecule has 8 heteroatoms. The second-order valence-corrected chi connectivity index (χ2v) is 12.8. The van der Waals surface area contributed by atoms with Gasteiger partial charge in [0.15, 0.2) is 12.1 Å². The predicted octanol–water partition coefficient (Wildman–Crippen LogP) is 7.85. The maximum atomic E-state index is 12.5. The lowest BCUT2D eigenvalue weighted by Gasteiger charge is -2.31. The van der Waals surface area contributed by atoms with Gasteiger partial charge in [-0.1, -0.05) is 117 Å². The molecule has 0 bridgehead atoms. The molecule has 0 saturated carbocycles. The number of carbonyl (C=O) groups excluding carboxylic acids is 2. The van der Waals surface area contributed by atoms with Gasteiger partial charge in [0.25, 0.3) is 0 Å². The fourth-order valence-electron chi connectivity index (χ4n) is 5.03. The number of aliphatic carboxylic acids is 1. The summed E-state index contributed by atoms with van der Waals surface area (Å²) in [6.45, 7) is 4.67. The molecule has 8 nitrogen and oxygen atoms in total. The van der Waals surface area contributed by atoms with E-state index in [2.05, 4.69) is 13.8 Å². The van der Waals surface area contributed by atoms with Crippen LogP contribution in [0, 0.1) is 0 Å². The molecule has 0 aliphatic heterocycles. The smallest absolute Gasteiger partial charge is 0.362 e. The third-order valence-electron chi connectivity index (χ3n) is 7.76. The van der Waals surface area contributed by atoms with Crippen LogP contribution in [0.15, 0.2) is 0 Å². The van der Waals surface area contributed by atoms with Gasteiger partial charge in [0, 0.05) is 19.3 Å². The average Bonchev–Trinajstić information content (AvgIpc) is 2.92. The third-order valence-corrected chi connectivity index (χ3v) is 7.76. The summed E-state index contributed by atoms with van der Waals surface area (Å²) in [4.78, 5) is 36.4. The minimum Gasteiger partial charge on any atom is -0.477 e. The van der Waals surface area contributed by atoms with E-state index in [-0.39, 0.29) is 36.2 Å². The van der Waals surface area contributed by atoms with Gasteiger partial charge in [-0.25, -0.2) is 4.79 Å². The third kappa shape index (κ3) is 24.9. The molecule has 0 amide bonds. The van der Waals surface area contributed by atoms with Crippen molar-refractivity contribution in [2.75, 3.05) is 41.0 Å². The summed E-state index contributed by atoms with van der Waals surface area (Å²) >= 11 is 0. The topological polar surface area (TPSA) is 99.1 Å². The fourth-order valence-corrected chi connectivity index (χ4v) is 5.03. The van der Waals surface area contributed by atoms with Gasteiger partial charge in [-0.05, 0) is 12.8 Å². The quantitative estimate of drug-likeness (QED) is 0.0509. The van der Waals surface area contributed by atoms with E-state index in [1.54, 1.807) is 0 Å². The zero-order chi connectivity index (χ0) is 31.5. The first-order valence-corrected chi connectivity index (χ1v) is 17.1. The summed E-state index contributed by atoms with van der Waals surface area (Å²) in [6, 6.07) is -0.605. The molecular weight excluding hydrogens is 534 g/mol. The van der Waals surface area contributed by atoms with Gasteiger partial charge in [-0.15, -0.1) is 0 Å². The van der Waals surface area contributed by atoms with Crippen molar-refractivity contribution in [1.82, 2.24) is 0 Å². The molecular formula is C34H66NO7+. The number of carboxylic acid groups (broad SMARTS) is 1. The fraction of sp³-hybridized carbons (Fsp3) is 0.912. The molecule has 0 aliphatic carbocycles. The minimum absolute atomic E-state index is 0.0446. The first-order chi connectivity index (χ1) is 20.1. The molecule has 0 rings (SSSR count). The van der Waals surface area contributed by atoms with Crippen LogP contribution in [0.4, 0.5) is 0 Å². The molecule has 0 saturated heterocycles. The van der Waals surface area contributed by atoms with Gasteiger partial charge in [0.05, 0.1) is 34.4 Å². The zero-order valence-corrected chi connectivity index (χ0v) is 28.0. The van der Waals surface area contributed by atoms with Crippen LogP contribution in [0.5, 0.6) is 0 Å². The van der Waals surface area contributed by atoms with Crippen LogP contribution in [0.3, 0.4) is 0 Å². The molecule has 1 N–H and O–H groups in total. The Morgan fingerprint density at radius 3 is 1.48 bits per heavy atom. The van der Waals surface area contributed by atoms with Crippen LogP contribution in [-0.2, 0) is 28.6 Å². The molecule has 0 spiro atoms. The van der Waals surface area contributed by atoms with Crippen molar-refractivity contribution in [2.45, 2.75) is 161 Å². The number of ether oxygens (including phenoxy) is 3. The van der Waals surface area contributed by atoms with Crippen molar-refractivity contribution in [2.24, 2.45) is 0 Å². The Bertz CT molecular complexity index is 677. The maximum Gasteiger partial charge on any atom is 0.362 e. The normalized spacial score (nSPS) is 13.1. The second-order valence-electron chi connectivity index (χ2n) is 12.8. The van der Waals surface area contributed by atoms with E-state index in [9.17, 15) is 19.5 Å². The average molecular weight is 601 g/mol. The van der Waals surface area contributed by atoms with Crippen molar-refractivity contribution in [3.8, 4) is 0 Å². The molecule has 0 aromatic rings. The summed E-state index contributed by atoms with van der Waals surface area (Å²) in [6.07, 6.45) is 21.5. The van der Waals surface area contributed by atoms with Crippen LogP contribution in [-0.4, -0.2) is 80.6 Å². The summed E-state index contributed by atoms with van der Waals surface area (Å²) in [7, 11) is 5.51. The highest BCUT2D eigenvalue weighted by molar-refractivity contribution is 5.72. The highest BCUT2D eigenvalue weighted by Crippen LogP contribution is 2.14. The van der Waals surface area contributed by atoms with Gasteiger partial charge < -0.3 is 23.8 Å². The van der Waals surface area contributed by atoms with Gasteiger partial charge >= 0.3 is 17.9 Å². The van der Waals surface area contributed by atoms with Crippen LogP contribution in [0.25, 0.3) is 0 Å². The Hall–Kier alpha value is -1.67. The molecule has 2 unspecified atom stereocenters. The SMILES string of the molecule is CCCCCCCCCCCCCC(=O)OC(COCCC(C(=O)O)[N+](C)(C)C)COC(=O)CCCCCCCCC. The van der Waals surface area contributed by atoms with Crippen molar-refractivity contribution >= 4 is 17.9 Å². The molecule has 42 heavy (non-hydrogen) atoms. The second kappa shape index (κ2) is 26.9. The molecule has 2 atom stereocenters. The summed E-state index contributed by atoms with van der Waals surface area (Å²) in [5, 5.41) is 9.53. The Balaban J connectivity index is 4.45. The van der Waals surface area contributed by atoms with Crippen LogP contribution >= 0.6 is 0 Å². The van der Waals surface area contributed by atoms with Crippen molar-refractivity contribution < 1.29 is 38.2 Å². The van der Waals surface area contributed by atoms with E-state index in [1.807, 2.05) is 21.1 Å². The van der Waals surface area contributed by atoms with Crippen LogP contribution < -0.4 is 0 Å². The van der Waals surface area contributed by atoms with Crippen LogP contribution in [0.2, 0.25) is 0 Å². The number of esters is 2. The lowest BCUT2D eigenvalue weighted by atomic mass is 10.1. The van der Waals surface area contributed by atoms with E-state index >= 15 is 0 Å². The van der Waals surface area contributed by atoms with Crippen molar-refractivity contribution in [3.63, 3.8) is 0 Å². The Kier molecular flexibility index (Phi) is 25.8. The van der Waals surface area contributed by atoms with Crippen LogP contribution in [0.1, 0.15) is 149 Å². The molecule has 0 aromatic carbocycles. The minimum atomic E-state index is -0.875. The number of carboxylic acids is 1. The van der Waals surface area contributed by atoms with E-state index in [1.165, 1.54) is 77.0 Å². The number of rotatable bonds is 30. The maximum absolute atomic E-state index is 12.5. The first-order valence-electron chi connectivity index (χ1n) is 17.1. The highest BCUT2D eigenvalue weighted by Gasteiger charge is 2.31. The zero-order valence-electron chi connectivity index (χ0n) is 28.0. The van der Waals surface area contributed by atoms with Gasteiger partial charge in [0.1, 0.15) is 6.61 Å². The standard InChI is InChI=1S/C34H65NO7/c1-6-8-10-12-14-15-16-17-19-21-23-25-33(37)42-30(28-40-27-26-31(34(38)39)35(3,4)5)29-41-32(36)24-22-20-18-13-11-9-7-2/h30-31H,6-29H2,1-5H3/p+1. The Morgan fingerprint density at radius 2 is 1.05 bits per heavy atom. The molecule has 0 aromatic heterocycles. The van der Waals surface area contributed by atoms with Gasteiger partial charge in [0.2, 0.25) is 0 Å². The number of hydrogen-bond donors (Lipinski definition) is 1. The number of likely N-dealkylation sites (N-methyl/N-ethyl adjacent to an activating group) is 1. The number of unbranched alkanes of at least 4 members (excludes halogenated alkanes) is 16. The Morgan fingerprint density at radius 1 is 0.619 bits per heavy atom. The number of hydrogen-bond acceptors (Lipinski definition) is 6. The first kappa shape index (κ1) is 40.3. The largest absolute Gasteiger partial charge is 0.477 e. The van der Waals surface area contributed by atoms with Gasteiger partial charge in [-0.3, -0.25) is 9.59 Å². The molecule has 0 fully saturated rings. The summed E-state index contributed by atoms with van der Waals surface area (Å²) in [5.74, 6) is -1.47. The Labute approximate surface area is 257 Å².